The van der Waals surface area contributed by atoms with Gasteiger partial charge < -0.3 is 10.1 Å². The summed E-state index contributed by atoms with van der Waals surface area (Å²) in [4.78, 5) is 24.7. The Hall–Kier alpha value is -2.66. The Labute approximate surface area is 205 Å². The molecular weight excluding hydrogens is 479 g/mol. The zero-order valence-electron chi connectivity index (χ0n) is 19.3. The summed E-state index contributed by atoms with van der Waals surface area (Å²) >= 11 is 1.23. The average Bonchev–Trinajstić information content (AvgIpc) is 3.48. The fourth-order valence-corrected chi connectivity index (χ4v) is 5.88. The number of thiazole rings is 1. The van der Waals surface area contributed by atoms with Crippen molar-refractivity contribution >= 4 is 22.9 Å². The molecule has 1 aliphatic carbocycles. The molecule has 0 unspecified atom stereocenters. The normalized spacial score (nSPS) is 21.1. The first kappa shape index (κ1) is 24.1. The third-order valence-electron chi connectivity index (χ3n) is 6.84. The van der Waals surface area contributed by atoms with Gasteiger partial charge in [-0.25, -0.2) is 9.97 Å². The predicted molar refractivity (Wildman–Crippen MR) is 126 cm³/mol. The second kappa shape index (κ2) is 10.1. The van der Waals surface area contributed by atoms with Gasteiger partial charge in [0.25, 0.3) is 11.1 Å². The number of aromatic nitrogens is 3. The minimum Gasteiger partial charge on any atom is -0.460 e. The lowest BCUT2D eigenvalue weighted by atomic mass is 9.84. The SMILES string of the molecule is O=C(N[C@H]1CC[C@H](CCN2CCc3sc(OCC(F)(F)F)nc3C2)CC1)c1cccc2nccn12. The lowest BCUT2D eigenvalue weighted by Crippen LogP contribution is -2.39. The van der Waals surface area contributed by atoms with Gasteiger partial charge in [0.05, 0.1) is 5.69 Å². The molecule has 0 saturated heterocycles. The van der Waals surface area contributed by atoms with Crippen molar-refractivity contribution in [3.05, 3.63) is 46.9 Å². The number of ether oxygens (including phenoxy) is 1. The number of alkyl halides is 3. The van der Waals surface area contributed by atoms with Crippen molar-refractivity contribution in [3.8, 4) is 5.19 Å². The highest BCUT2D eigenvalue weighted by molar-refractivity contribution is 7.13. The van der Waals surface area contributed by atoms with E-state index >= 15 is 0 Å². The average molecular weight is 508 g/mol. The fourth-order valence-electron chi connectivity index (χ4n) is 4.98. The third-order valence-corrected chi connectivity index (χ3v) is 7.91. The van der Waals surface area contributed by atoms with Crippen LogP contribution >= 0.6 is 11.3 Å². The van der Waals surface area contributed by atoms with Gasteiger partial charge in [-0.2, -0.15) is 13.2 Å². The maximum atomic E-state index is 12.8. The number of hydrogen-bond donors (Lipinski definition) is 1. The monoisotopic (exact) mass is 507 g/mol. The predicted octanol–water partition coefficient (Wildman–Crippen LogP) is 4.47. The smallest absolute Gasteiger partial charge is 0.422 e. The zero-order valence-corrected chi connectivity index (χ0v) is 20.1. The summed E-state index contributed by atoms with van der Waals surface area (Å²) in [5, 5.41) is 3.30. The Morgan fingerprint density at radius 2 is 2.06 bits per heavy atom. The molecule has 1 aliphatic heterocycles. The number of halogens is 3. The van der Waals surface area contributed by atoms with Gasteiger partial charge in [0.2, 0.25) is 0 Å². The number of nitrogens with one attached hydrogen (secondary N) is 1. The second-order valence-corrected chi connectivity index (χ2v) is 10.4. The Kier molecular flexibility index (Phi) is 6.97. The molecule has 1 N–H and O–H groups in total. The molecule has 1 amide bonds. The van der Waals surface area contributed by atoms with Crippen molar-refractivity contribution in [2.45, 2.75) is 57.3 Å². The molecule has 0 bridgehead atoms. The van der Waals surface area contributed by atoms with Crippen LogP contribution in [0.25, 0.3) is 5.65 Å². The first-order valence-corrected chi connectivity index (χ1v) is 12.8. The van der Waals surface area contributed by atoms with E-state index in [0.29, 0.717) is 18.2 Å². The maximum Gasteiger partial charge on any atom is 0.422 e. The highest BCUT2D eigenvalue weighted by atomic mass is 32.1. The third kappa shape index (κ3) is 5.95. The molecule has 0 aromatic carbocycles. The van der Waals surface area contributed by atoms with E-state index in [0.717, 1.165) is 67.8 Å². The van der Waals surface area contributed by atoms with Crippen molar-refractivity contribution in [1.29, 1.82) is 0 Å². The summed E-state index contributed by atoms with van der Waals surface area (Å²) < 4.78 is 43.8. The summed E-state index contributed by atoms with van der Waals surface area (Å²) in [6, 6.07) is 5.72. The van der Waals surface area contributed by atoms with Gasteiger partial charge >= 0.3 is 6.18 Å². The molecule has 1 fully saturated rings. The second-order valence-electron chi connectivity index (χ2n) is 9.33. The number of imidazole rings is 1. The minimum atomic E-state index is -4.35. The maximum absolute atomic E-state index is 12.8. The molecule has 3 aromatic heterocycles. The lowest BCUT2D eigenvalue weighted by Gasteiger charge is -2.32. The van der Waals surface area contributed by atoms with Crippen LogP contribution in [0.15, 0.2) is 30.6 Å². The molecule has 0 atom stereocenters. The minimum absolute atomic E-state index is 0.0667. The summed E-state index contributed by atoms with van der Waals surface area (Å²) in [5.74, 6) is 0.547. The van der Waals surface area contributed by atoms with E-state index in [4.69, 9.17) is 4.74 Å². The van der Waals surface area contributed by atoms with Gasteiger partial charge in [-0.1, -0.05) is 17.4 Å². The first-order valence-electron chi connectivity index (χ1n) is 12.0. The number of carbonyl (C=O) groups is 1. The lowest BCUT2D eigenvalue weighted by molar-refractivity contribution is -0.153. The van der Waals surface area contributed by atoms with Crippen LogP contribution < -0.4 is 10.1 Å². The number of carbonyl (C=O) groups excluding carboxylic acids is 1. The summed E-state index contributed by atoms with van der Waals surface area (Å²) in [5.41, 5.74) is 2.20. The van der Waals surface area contributed by atoms with Crippen molar-refractivity contribution in [2.75, 3.05) is 19.7 Å². The van der Waals surface area contributed by atoms with E-state index in [9.17, 15) is 18.0 Å². The summed E-state index contributed by atoms with van der Waals surface area (Å²) in [7, 11) is 0. The number of hydrogen-bond acceptors (Lipinski definition) is 6. The zero-order chi connectivity index (χ0) is 24.4. The molecular formula is C24H28F3N5O2S. The van der Waals surface area contributed by atoms with E-state index in [1.165, 1.54) is 11.3 Å². The molecule has 2 aliphatic rings. The van der Waals surface area contributed by atoms with Crippen molar-refractivity contribution in [1.82, 2.24) is 24.6 Å². The van der Waals surface area contributed by atoms with Gasteiger partial charge in [-0.05, 0) is 63.1 Å². The molecule has 3 aromatic rings. The first-order chi connectivity index (χ1) is 16.8. The largest absolute Gasteiger partial charge is 0.460 e. The number of pyridine rings is 1. The van der Waals surface area contributed by atoms with Crippen LogP contribution in [0, 0.1) is 5.92 Å². The van der Waals surface area contributed by atoms with Crippen LogP contribution in [-0.2, 0) is 13.0 Å². The van der Waals surface area contributed by atoms with Gasteiger partial charge in [-0.15, -0.1) is 0 Å². The van der Waals surface area contributed by atoms with Crippen LogP contribution in [0.4, 0.5) is 13.2 Å². The molecule has 188 valence electrons. The number of nitrogens with zero attached hydrogens (tertiary/aromatic N) is 4. The van der Waals surface area contributed by atoms with Crippen LogP contribution in [-0.4, -0.2) is 57.1 Å². The highest BCUT2D eigenvalue weighted by Gasteiger charge is 2.30. The van der Waals surface area contributed by atoms with E-state index in [2.05, 4.69) is 20.2 Å². The van der Waals surface area contributed by atoms with Crippen molar-refractivity contribution < 1.29 is 22.7 Å². The topological polar surface area (TPSA) is 71.8 Å². The summed E-state index contributed by atoms with van der Waals surface area (Å²) in [6.45, 7) is 1.19. The molecule has 35 heavy (non-hydrogen) atoms. The van der Waals surface area contributed by atoms with E-state index < -0.39 is 12.8 Å². The molecule has 0 spiro atoms. The van der Waals surface area contributed by atoms with Crippen LogP contribution in [0.5, 0.6) is 5.19 Å². The Bertz CT molecular complexity index is 1170. The van der Waals surface area contributed by atoms with Gasteiger partial charge in [-0.3, -0.25) is 14.1 Å². The number of amides is 1. The highest BCUT2D eigenvalue weighted by Crippen LogP contribution is 2.32. The van der Waals surface area contributed by atoms with Crippen LogP contribution in [0.1, 0.15) is 53.2 Å². The fraction of sp³-hybridized carbons (Fsp3) is 0.542. The Morgan fingerprint density at radius 1 is 1.23 bits per heavy atom. The molecule has 0 radical (unpaired) electrons. The van der Waals surface area contributed by atoms with E-state index in [1.54, 1.807) is 16.8 Å². The van der Waals surface area contributed by atoms with Gasteiger partial charge in [0, 0.05) is 36.4 Å². The van der Waals surface area contributed by atoms with E-state index in [1.807, 2.05) is 18.2 Å². The summed E-state index contributed by atoms with van der Waals surface area (Å²) in [6.07, 6.45) is 5.09. The number of fused-ring (bicyclic) bond motifs is 2. The Balaban J connectivity index is 1.05. The number of rotatable bonds is 7. The van der Waals surface area contributed by atoms with Crippen LogP contribution in [0.3, 0.4) is 0 Å². The standard InChI is InChI=1S/C24H28F3N5O2S/c25-24(26,27)15-34-23-30-18-14-31(12-9-20(18)35-23)11-8-16-4-6-17(7-5-16)29-22(33)19-2-1-3-21-28-10-13-32(19)21/h1-3,10,13,16-17H,4-9,11-12,14-15H2,(H,29,33)/t16-,17-. The van der Waals surface area contributed by atoms with Gasteiger partial charge in [0.15, 0.2) is 6.61 Å². The molecule has 1 saturated carbocycles. The molecule has 5 rings (SSSR count). The van der Waals surface area contributed by atoms with Gasteiger partial charge in [0.1, 0.15) is 11.3 Å². The molecule has 7 nitrogen and oxygen atoms in total. The van der Waals surface area contributed by atoms with E-state index in [-0.39, 0.29) is 17.1 Å². The van der Waals surface area contributed by atoms with Crippen LogP contribution in [0.2, 0.25) is 0 Å². The molecule has 11 heteroatoms. The Morgan fingerprint density at radius 3 is 2.86 bits per heavy atom. The van der Waals surface area contributed by atoms with Crippen molar-refractivity contribution in [3.63, 3.8) is 0 Å². The molecule has 4 heterocycles. The quantitative estimate of drug-likeness (QED) is 0.511. The van der Waals surface area contributed by atoms with Crippen molar-refractivity contribution in [2.24, 2.45) is 5.92 Å².